The molecule has 0 aliphatic heterocycles. The van der Waals surface area contributed by atoms with Crippen LogP contribution in [0.15, 0.2) is 18.2 Å². The van der Waals surface area contributed by atoms with Gasteiger partial charge in [-0.05, 0) is 43.4 Å². The van der Waals surface area contributed by atoms with Crippen molar-refractivity contribution >= 4 is 5.91 Å². The monoisotopic (exact) mass is 301 g/mol. The Kier molecular flexibility index (Phi) is 5.40. The lowest BCUT2D eigenvalue weighted by Gasteiger charge is -2.30. The van der Waals surface area contributed by atoms with Crippen LogP contribution >= 0.6 is 0 Å². The number of phenolic OH excluding ortho intramolecular Hbond substituents is 1. The van der Waals surface area contributed by atoms with Crippen molar-refractivity contribution in [2.45, 2.75) is 38.3 Å². The van der Waals surface area contributed by atoms with Crippen molar-refractivity contribution in [3.05, 3.63) is 29.3 Å². The van der Waals surface area contributed by atoms with E-state index in [0.717, 1.165) is 31.2 Å². The van der Waals surface area contributed by atoms with Gasteiger partial charge in [-0.2, -0.15) is 5.26 Å². The van der Waals surface area contributed by atoms with Gasteiger partial charge in [0, 0.05) is 32.6 Å². The van der Waals surface area contributed by atoms with Gasteiger partial charge in [-0.15, -0.1) is 0 Å². The smallest absolute Gasteiger partial charge is 0.225 e. The molecule has 118 valence electrons. The first-order chi connectivity index (χ1) is 10.5. The molecule has 1 aliphatic rings. The zero-order chi connectivity index (χ0) is 16.1. The zero-order valence-electron chi connectivity index (χ0n) is 13.2. The lowest BCUT2D eigenvalue weighted by atomic mass is 9.85. The van der Waals surface area contributed by atoms with Crippen LogP contribution in [0.4, 0.5) is 0 Å². The summed E-state index contributed by atoms with van der Waals surface area (Å²) in [5.74, 6) is 0.413. The van der Waals surface area contributed by atoms with E-state index in [1.54, 1.807) is 17.0 Å². The number of aromatic hydroxyl groups is 1. The van der Waals surface area contributed by atoms with Gasteiger partial charge in [0.15, 0.2) is 0 Å². The van der Waals surface area contributed by atoms with E-state index in [0.29, 0.717) is 18.2 Å². The minimum Gasteiger partial charge on any atom is -0.507 e. The van der Waals surface area contributed by atoms with Gasteiger partial charge in [-0.3, -0.25) is 4.79 Å². The van der Waals surface area contributed by atoms with E-state index in [9.17, 15) is 9.90 Å². The first kappa shape index (κ1) is 16.3. The largest absolute Gasteiger partial charge is 0.507 e. The number of nitrogens with zero attached hydrogens (tertiary/aromatic N) is 2. The molecule has 0 unspecified atom stereocenters. The number of nitriles is 1. The summed E-state index contributed by atoms with van der Waals surface area (Å²) in [5, 5.41) is 21.9. The molecule has 0 heterocycles. The van der Waals surface area contributed by atoms with Gasteiger partial charge in [0.2, 0.25) is 5.91 Å². The third-order valence-corrected chi connectivity index (χ3v) is 4.29. The van der Waals surface area contributed by atoms with E-state index in [1.165, 1.54) is 0 Å². The Bertz CT molecular complexity index is 570. The van der Waals surface area contributed by atoms with Gasteiger partial charge in [0.05, 0.1) is 5.56 Å². The first-order valence-corrected chi connectivity index (χ1v) is 7.67. The first-order valence-electron chi connectivity index (χ1n) is 7.67. The fourth-order valence-corrected chi connectivity index (χ4v) is 2.95. The molecule has 0 radical (unpaired) electrons. The Balaban J connectivity index is 1.82. The topological polar surface area (TPSA) is 76.4 Å². The molecule has 22 heavy (non-hydrogen) atoms. The average molecular weight is 301 g/mol. The van der Waals surface area contributed by atoms with Crippen LogP contribution in [-0.2, 0) is 11.3 Å². The maximum absolute atomic E-state index is 11.9. The quantitative estimate of drug-likeness (QED) is 0.892. The molecule has 0 saturated heterocycles. The molecule has 1 aliphatic carbocycles. The zero-order valence-corrected chi connectivity index (χ0v) is 13.2. The number of rotatable bonds is 4. The number of benzene rings is 1. The molecule has 1 aromatic rings. The molecular formula is C17H23N3O2. The highest BCUT2D eigenvalue weighted by atomic mass is 16.3. The summed E-state index contributed by atoms with van der Waals surface area (Å²) in [6, 6.07) is 7.48. The second kappa shape index (κ2) is 7.28. The predicted molar refractivity (Wildman–Crippen MR) is 84.1 cm³/mol. The minimum atomic E-state index is 0.0222. The molecule has 0 spiro atoms. The number of hydrogen-bond acceptors (Lipinski definition) is 4. The van der Waals surface area contributed by atoms with E-state index >= 15 is 0 Å². The molecule has 0 bridgehead atoms. The van der Waals surface area contributed by atoms with E-state index in [-0.39, 0.29) is 17.6 Å². The van der Waals surface area contributed by atoms with E-state index in [2.05, 4.69) is 5.32 Å². The van der Waals surface area contributed by atoms with Gasteiger partial charge in [-0.25, -0.2) is 0 Å². The number of hydrogen-bond donors (Lipinski definition) is 2. The Morgan fingerprint density at radius 2 is 2.05 bits per heavy atom. The van der Waals surface area contributed by atoms with Crippen LogP contribution in [0.1, 0.15) is 36.8 Å². The standard InChI is InChI=1S/C17H23N3O2/c1-20(2)17(22)13-4-6-15(7-5-13)19-11-12-3-8-16(21)14(9-12)10-18/h3,8-9,13,15,19,21H,4-7,11H2,1-2H3. The summed E-state index contributed by atoms with van der Waals surface area (Å²) in [7, 11) is 3.62. The molecule has 0 atom stereocenters. The van der Waals surface area contributed by atoms with Crippen LogP contribution in [0.25, 0.3) is 0 Å². The van der Waals surface area contributed by atoms with Crippen molar-refractivity contribution in [3.63, 3.8) is 0 Å². The molecule has 1 amide bonds. The highest BCUT2D eigenvalue weighted by Crippen LogP contribution is 2.26. The SMILES string of the molecule is CN(C)C(=O)C1CCC(NCc2ccc(O)c(C#N)c2)CC1. The number of carbonyl (C=O) groups is 1. The van der Waals surface area contributed by atoms with Crippen LogP contribution in [0.5, 0.6) is 5.75 Å². The summed E-state index contributed by atoms with van der Waals surface area (Å²) in [4.78, 5) is 13.6. The molecule has 5 nitrogen and oxygen atoms in total. The number of nitrogens with one attached hydrogen (secondary N) is 1. The molecular weight excluding hydrogens is 278 g/mol. The van der Waals surface area contributed by atoms with Gasteiger partial charge in [-0.1, -0.05) is 6.07 Å². The van der Waals surface area contributed by atoms with E-state index in [4.69, 9.17) is 5.26 Å². The predicted octanol–water partition coefficient (Wildman–Crippen LogP) is 2.00. The molecule has 1 aromatic carbocycles. The van der Waals surface area contributed by atoms with Crippen molar-refractivity contribution < 1.29 is 9.90 Å². The lowest BCUT2D eigenvalue weighted by molar-refractivity contribution is -0.134. The highest BCUT2D eigenvalue weighted by molar-refractivity contribution is 5.78. The van der Waals surface area contributed by atoms with Crippen LogP contribution in [0.2, 0.25) is 0 Å². The minimum absolute atomic E-state index is 0.0222. The fourth-order valence-electron chi connectivity index (χ4n) is 2.95. The molecule has 5 heteroatoms. The maximum Gasteiger partial charge on any atom is 0.225 e. The third kappa shape index (κ3) is 3.99. The Morgan fingerprint density at radius 1 is 1.36 bits per heavy atom. The summed E-state index contributed by atoms with van der Waals surface area (Å²) < 4.78 is 0. The van der Waals surface area contributed by atoms with Crippen molar-refractivity contribution in [1.29, 1.82) is 5.26 Å². The molecule has 1 saturated carbocycles. The van der Waals surface area contributed by atoms with Crippen LogP contribution in [0.3, 0.4) is 0 Å². The number of amides is 1. The van der Waals surface area contributed by atoms with Crippen LogP contribution in [-0.4, -0.2) is 36.1 Å². The second-order valence-electron chi connectivity index (χ2n) is 6.13. The molecule has 1 fully saturated rings. The molecule has 0 aromatic heterocycles. The molecule has 2 rings (SSSR count). The van der Waals surface area contributed by atoms with Crippen molar-refractivity contribution in [3.8, 4) is 11.8 Å². The van der Waals surface area contributed by atoms with Gasteiger partial charge < -0.3 is 15.3 Å². The third-order valence-electron chi connectivity index (χ3n) is 4.29. The summed E-state index contributed by atoms with van der Waals surface area (Å²) in [6.45, 7) is 0.673. The van der Waals surface area contributed by atoms with E-state index < -0.39 is 0 Å². The van der Waals surface area contributed by atoms with E-state index in [1.807, 2.05) is 26.2 Å². The van der Waals surface area contributed by atoms with Gasteiger partial charge in [0.1, 0.15) is 11.8 Å². The normalized spacial score (nSPS) is 21.1. The Morgan fingerprint density at radius 3 is 2.64 bits per heavy atom. The van der Waals surface area contributed by atoms with Gasteiger partial charge >= 0.3 is 0 Å². The summed E-state index contributed by atoms with van der Waals surface area (Å²) in [6.07, 6.45) is 3.84. The average Bonchev–Trinajstić information content (AvgIpc) is 2.53. The van der Waals surface area contributed by atoms with Gasteiger partial charge in [0.25, 0.3) is 0 Å². The molecule has 2 N–H and O–H groups in total. The summed E-state index contributed by atoms with van der Waals surface area (Å²) in [5.41, 5.74) is 1.29. The number of phenols is 1. The second-order valence-corrected chi connectivity index (χ2v) is 6.13. The lowest BCUT2D eigenvalue weighted by Crippen LogP contribution is -2.37. The van der Waals surface area contributed by atoms with Crippen LogP contribution in [0, 0.1) is 17.2 Å². The van der Waals surface area contributed by atoms with Crippen LogP contribution < -0.4 is 5.32 Å². The Labute approximate surface area is 131 Å². The Hall–Kier alpha value is -2.06. The number of carbonyl (C=O) groups excluding carboxylic acids is 1. The van der Waals surface area contributed by atoms with Crippen molar-refractivity contribution in [1.82, 2.24) is 10.2 Å². The highest BCUT2D eigenvalue weighted by Gasteiger charge is 2.26. The van der Waals surface area contributed by atoms with Crippen molar-refractivity contribution in [2.75, 3.05) is 14.1 Å². The van der Waals surface area contributed by atoms with Crippen molar-refractivity contribution in [2.24, 2.45) is 5.92 Å². The maximum atomic E-state index is 11.9. The fraction of sp³-hybridized carbons (Fsp3) is 0.529. The summed E-state index contributed by atoms with van der Waals surface area (Å²) >= 11 is 0.